The standard InChI is InChI=1S/C12H24N4/c1-6-16-10(14-15-11(16)8-13)7-9(2)12(3,4)5/h9H,6-8,13H2,1-5H3. The van der Waals surface area contributed by atoms with E-state index in [0.717, 1.165) is 24.6 Å². The smallest absolute Gasteiger partial charge is 0.146 e. The number of nitrogens with two attached hydrogens (primary N) is 1. The number of rotatable bonds is 4. The Bertz CT molecular complexity index is 335. The molecule has 1 unspecified atom stereocenters. The van der Waals surface area contributed by atoms with Gasteiger partial charge in [0.15, 0.2) is 0 Å². The lowest BCUT2D eigenvalue weighted by atomic mass is 9.80. The van der Waals surface area contributed by atoms with Gasteiger partial charge in [0.05, 0.1) is 6.54 Å². The van der Waals surface area contributed by atoms with Crippen LogP contribution < -0.4 is 5.73 Å². The van der Waals surface area contributed by atoms with Gasteiger partial charge in [-0.15, -0.1) is 10.2 Å². The molecule has 0 bridgehead atoms. The minimum absolute atomic E-state index is 0.299. The highest BCUT2D eigenvalue weighted by Crippen LogP contribution is 2.28. The zero-order chi connectivity index (χ0) is 12.3. The van der Waals surface area contributed by atoms with E-state index in [9.17, 15) is 0 Å². The van der Waals surface area contributed by atoms with Crippen LogP contribution in [0.15, 0.2) is 0 Å². The van der Waals surface area contributed by atoms with Crippen molar-refractivity contribution >= 4 is 0 Å². The molecule has 1 heterocycles. The Labute approximate surface area is 98.2 Å². The van der Waals surface area contributed by atoms with Crippen molar-refractivity contribution < 1.29 is 0 Å². The lowest BCUT2D eigenvalue weighted by Gasteiger charge is -2.26. The molecule has 0 saturated carbocycles. The van der Waals surface area contributed by atoms with Gasteiger partial charge >= 0.3 is 0 Å². The zero-order valence-electron chi connectivity index (χ0n) is 11.1. The van der Waals surface area contributed by atoms with Crippen LogP contribution in [-0.4, -0.2) is 14.8 Å². The van der Waals surface area contributed by atoms with E-state index in [1.54, 1.807) is 0 Å². The molecule has 1 aromatic rings. The zero-order valence-corrected chi connectivity index (χ0v) is 11.1. The average molecular weight is 224 g/mol. The van der Waals surface area contributed by atoms with Crippen molar-refractivity contribution in [2.75, 3.05) is 0 Å². The summed E-state index contributed by atoms with van der Waals surface area (Å²) >= 11 is 0. The van der Waals surface area contributed by atoms with E-state index in [4.69, 9.17) is 5.73 Å². The minimum Gasteiger partial charge on any atom is -0.324 e. The molecular formula is C12H24N4. The highest BCUT2D eigenvalue weighted by molar-refractivity contribution is 4.97. The average Bonchev–Trinajstić information content (AvgIpc) is 2.58. The molecule has 0 aliphatic rings. The summed E-state index contributed by atoms with van der Waals surface area (Å²) in [6.45, 7) is 12.5. The Balaban J connectivity index is 2.85. The van der Waals surface area contributed by atoms with Gasteiger partial charge in [0.25, 0.3) is 0 Å². The second-order valence-electron chi connectivity index (χ2n) is 5.45. The van der Waals surface area contributed by atoms with Crippen molar-refractivity contribution in [3.05, 3.63) is 11.6 Å². The van der Waals surface area contributed by atoms with Crippen LogP contribution in [-0.2, 0) is 19.5 Å². The highest BCUT2D eigenvalue weighted by atomic mass is 15.3. The fourth-order valence-electron chi connectivity index (χ4n) is 1.62. The van der Waals surface area contributed by atoms with Gasteiger partial charge in [-0.1, -0.05) is 27.7 Å². The molecule has 4 nitrogen and oxygen atoms in total. The Kier molecular flexibility index (Phi) is 4.08. The summed E-state index contributed by atoms with van der Waals surface area (Å²) in [5.41, 5.74) is 5.93. The van der Waals surface area contributed by atoms with Crippen molar-refractivity contribution in [3.8, 4) is 0 Å². The second-order valence-corrected chi connectivity index (χ2v) is 5.45. The third-order valence-corrected chi connectivity index (χ3v) is 3.37. The molecule has 2 N–H and O–H groups in total. The predicted octanol–water partition coefficient (Wildman–Crippen LogP) is 1.98. The van der Waals surface area contributed by atoms with Gasteiger partial charge in [0.2, 0.25) is 0 Å². The van der Waals surface area contributed by atoms with Gasteiger partial charge in [-0.2, -0.15) is 0 Å². The predicted molar refractivity (Wildman–Crippen MR) is 65.9 cm³/mol. The van der Waals surface area contributed by atoms with Gasteiger partial charge in [-0.05, 0) is 18.3 Å². The number of nitrogens with zero attached hydrogens (tertiary/aromatic N) is 3. The Morgan fingerprint density at radius 3 is 2.25 bits per heavy atom. The first-order valence-electron chi connectivity index (χ1n) is 6.01. The summed E-state index contributed by atoms with van der Waals surface area (Å²) in [5.74, 6) is 2.52. The van der Waals surface area contributed by atoms with E-state index in [0.29, 0.717) is 17.9 Å². The molecule has 1 atom stereocenters. The summed E-state index contributed by atoms with van der Waals surface area (Å²) in [6.07, 6.45) is 0.963. The lowest BCUT2D eigenvalue weighted by molar-refractivity contribution is 0.254. The van der Waals surface area contributed by atoms with Crippen molar-refractivity contribution in [2.45, 2.75) is 54.1 Å². The Morgan fingerprint density at radius 2 is 1.81 bits per heavy atom. The van der Waals surface area contributed by atoms with E-state index in [1.165, 1.54) is 0 Å². The normalized spacial score (nSPS) is 14.1. The van der Waals surface area contributed by atoms with Gasteiger partial charge in [-0.3, -0.25) is 0 Å². The maximum absolute atomic E-state index is 5.63. The van der Waals surface area contributed by atoms with E-state index >= 15 is 0 Å². The van der Waals surface area contributed by atoms with Gasteiger partial charge in [-0.25, -0.2) is 0 Å². The van der Waals surface area contributed by atoms with Crippen LogP contribution in [0.25, 0.3) is 0 Å². The fourth-order valence-corrected chi connectivity index (χ4v) is 1.62. The van der Waals surface area contributed by atoms with Crippen LogP contribution >= 0.6 is 0 Å². The SMILES string of the molecule is CCn1c(CN)nnc1CC(C)C(C)(C)C. The molecule has 0 aromatic carbocycles. The third-order valence-electron chi connectivity index (χ3n) is 3.37. The van der Waals surface area contributed by atoms with E-state index in [1.807, 2.05) is 0 Å². The molecule has 0 saturated heterocycles. The molecule has 1 aromatic heterocycles. The highest BCUT2D eigenvalue weighted by Gasteiger charge is 2.22. The van der Waals surface area contributed by atoms with Gasteiger partial charge in [0.1, 0.15) is 11.6 Å². The molecule has 92 valence electrons. The van der Waals surface area contributed by atoms with E-state index < -0.39 is 0 Å². The monoisotopic (exact) mass is 224 g/mol. The van der Waals surface area contributed by atoms with E-state index in [-0.39, 0.29) is 0 Å². The molecule has 0 fully saturated rings. The Morgan fingerprint density at radius 1 is 1.25 bits per heavy atom. The summed E-state index contributed by atoms with van der Waals surface area (Å²) in [7, 11) is 0. The first-order chi connectivity index (χ1) is 7.40. The topological polar surface area (TPSA) is 56.7 Å². The van der Waals surface area contributed by atoms with Crippen LogP contribution in [0.1, 0.15) is 46.3 Å². The largest absolute Gasteiger partial charge is 0.324 e. The summed E-state index contributed by atoms with van der Waals surface area (Å²) in [4.78, 5) is 0. The first-order valence-corrected chi connectivity index (χ1v) is 6.01. The fraction of sp³-hybridized carbons (Fsp3) is 0.833. The molecule has 0 aliphatic carbocycles. The lowest BCUT2D eigenvalue weighted by Crippen LogP contribution is -2.21. The van der Waals surface area contributed by atoms with Crippen LogP contribution in [0.5, 0.6) is 0 Å². The van der Waals surface area contributed by atoms with Crippen LogP contribution in [0.4, 0.5) is 0 Å². The summed E-state index contributed by atoms with van der Waals surface area (Å²) in [5, 5.41) is 8.37. The molecule has 0 aliphatic heterocycles. The van der Waals surface area contributed by atoms with Crippen molar-refractivity contribution in [2.24, 2.45) is 17.1 Å². The molecule has 0 radical (unpaired) electrons. The molecule has 16 heavy (non-hydrogen) atoms. The molecule has 4 heteroatoms. The van der Waals surface area contributed by atoms with E-state index in [2.05, 4.69) is 49.4 Å². The maximum Gasteiger partial charge on any atom is 0.146 e. The molecule has 1 rings (SSSR count). The number of hydrogen-bond acceptors (Lipinski definition) is 3. The third kappa shape index (κ3) is 2.82. The molecule has 0 amide bonds. The number of hydrogen-bond donors (Lipinski definition) is 1. The van der Waals surface area contributed by atoms with Crippen LogP contribution in [0.2, 0.25) is 0 Å². The summed E-state index contributed by atoms with van der Waals surface area (Å²) in [6, 6.07) is 0. The van der Waals surface area contributed by atoms with Gasteiger partial charge in [0, 0.05) is 13.0 Å². The van der Waals surface area contributed by atoms with Crippen molar-refractivity contribution in [3.63, 3.8) is 0 Å². The first kappa shape index (κ1) is 13.2. The van der Waals surface area contributed by atoms with Crippen LogP contribution in [0, 0.1) is 11.3 Å². The maximum atomic E-state index is 5.63. The second kappa shape index (κ2) is 4.95. The number of aromatic nitrogens is 3. The Hall–Kier alpha value is -0.900. The van der Waals surface area contributed by atoms with Crippen molar-refractivity contribution in [1.82, 2.24) is 14.8 Å². The molecular weight excluding hydrogens is 200 g/mol. The summed E-state index contributed by atoms with van der Waals surface area (Å²) < 4.78 is 2.13. The van der Waals surface area contributed by atoms with Crippen LogP contribution in [0.3, 0.4) is 0 Å². The molecule has 0 spiro atoms. The van der Waals surface area contributed by atoms with Crippen molar-refractivity contribution in [1.29, 1.82) is 0 Å². The minimum atomic E-state index is 0.299. The quantitative estimate of drug-likeness (QED) is 0.850. The van der Waals surface area contributed by atoms with Gasteiger partial charge < -0.3 is 10.3 Å².